The number of nitrogens with one attached hydrogen (secondary N) is 2. The molecule has 1 heterocycles. The Hall–Kier alpha value is -1.56. The van der Waals surface area contributed by atoms with E-state index in [-0.39, 0.29) is 18.6 Å². The lowest BCUT2D eigenvalue weighted by Crippen LogP contribution is -2.35. The molecule has 1 unspecified atom stereocenters. The van der Waals surface area contributed by atoms with E-state index in [1.807, 2.05) is 27.7 Å². The Labute approximate surface area is 114 Å². The maximum atomic E-state index is 11.6. The Kier molecular flexibility index (Phi) is 5.82. The van der Waals surface area contributed by atoms with Gasteiger partial charge in [0.1, 0.15) is 0 Å². The van der Waals surface area contributed by atoms with Gasteiger partial charge in [-0.2, -0.15) is 5.10 Å². The molecular weight excluding hydrogens is 244 g/mol. The van der Waals surface area contributed by atoms with Crippen molar-refractivity contribution in [3.05, 3.63) is 12.4 Å². The van der Waals surface area contributed by atoms with Crippen molar-refractivity contribution in [2.45, 2.75) is 46.3 Å². The zero-order valence-electron chi connectivity index (χ0n) is 12.1. The van der Waals surface area contributed by atoms with Crippen LogP contribution in [0.2, 0.25) is 0 Å². The van der Waals surface area contributed by atoms with Crippen molar-refractivity contribution in [3.8, 4) is 0 Å². The largest absolute Gasteiger partial charge is 0.391 e. The fourth-order valence-electron chi connectivity index (χ4n) is 1.70. The van der Waals surface area contributed by atoms with E-state index in [0.717, 1.165) is 0 Å². The Morgan fingerprint density at radius 1 is 1.42 bits per heavy atom. The van der Waals surface area contributed by atoms with Crippen molar-refractivity contribution in [1.82, 2.24) is 15.1 Å². The van der Waals surface area contributed by atoms with Crippen LogP contribution in [-0.2, 0) is 0 Å². The van der Waals surface area contributed by atoms with Gasteiger partial charge in [0, 0.05) is 18.8 Å². The highest BCUT2D eigenvalue weighted by Gasteiger charge is 2.10. The molecular formula is C13H24N4O2. The van der Waals surface area contributed by atoms with E-state index in [4.69, 9.17) is 0 Å². The third kappa shape index (κ3) is 5.74. The van der Waals surface area contributed by atoms with E-state index in [1.165, 1.54) is 0 Å². The van der Waals surface area contributed by atoms with Gasteiger partial charge in [-0.1, -0.05) is 13.8 Å². The Morgan fingerprint density at radius 2 is 2.11 bits per heavy atom. The molecule has 0 saturated carbocycles. The van der Waals surface area contributed by atoms with Gasteiger partial charge in [-0.15, -0.1) is 0 Å². The topological polar surface area (TPSA) is 79.2 Å². The Bertz CT molecular complexity index is 401. The maximum Gasteiger partial charge on any atom is 0.319 e. The molecule has 2 amide bonds. The van der Waals surface area contributed by atoms with Gasteiger partial charge in [0.2, 0.25) is 0 Å². The normalized spacial score (nSPS) is 12.8. The molecule has 0 bridgehead atoms. The van der Waals surface area contributed by atoms with Crippen molar-refractivity contribution < 1.29 is 9.90 Å². The fourth-order valence-corrected chi connectivity index (χ4v) is 1.70. The molecule has 0 aliphatic rings. The van der Waals surface area contributed by atoms with Crippen LogP contribution < -0.4 is 10.6 Å². The summed E-state index contributed by atoms with van der Waals surface area (Å²) >= 11 is 0. The molecule has 0 aromatic carbocycles. The first kappa shape index (κ1) is 15.5. The van der Waals surface area contributed by atoms with Crippen LogP contribution in [0.15, 0.2) is 12.4 Å². The second-order valence-corrected chi connectivity index (χ2v) is 5.42. The van der Waals surface area contributed by atoms with Gasteiger partial charge in [0.15, 0.2) is 0 Å². The van der Waals surface area contributed by atoms with Crippen molar-refractivity contribution >= 4 is 11.7 Å². The lowest BCUT2D eigenvalue weighted by atomic mass is 10.1. The summed E-state index contributed by atoms with van der Waals surface area (Å²) in [6.45, 7) is 8.34. The zero-order valence-corrected chi connectivity index (χ0v) is 12.1. The number of hydrogen-bond donors (Lipinski definition) is 3. The Morgan fingerprint density at radius 3 is 2.63 bits per heavy atom. The summed E-state index contributed by atoms with van der Waals surface area (Å²) in [6, 6.07) is -0.0717. The van der Waals surface area contributed by atoms with Crippen LogP contribution >= 0.6 is 0 Å². The fraction of sp³-hybridized carbons (Fsp3) is 0.692. The number of rotatable bonds is 6. The first-order valence-electron chi connectivity index (χ1n) is 6.65. The molecule has 6 heteroatoms. The molecule has 0 spiro atoms. The van der Waals surface area contributed by atoms with Crippen LogP contribution in [0, 0.1) is 5.92 Å². The standard InChI is InChI=1S/C13H24N4O2/c1-9(2)5-12(18)7-14-13(19)16-11-6-15-17(8-11)10(3)4/h6,8-10,12,18H,5,7H2,1-4H3,(H2,14,16,19). The summed E-state index contributed by atoms with van der Waals surface area (Å²) in [5.74, 6) is 0.407. The molecule has 19 heavy (non-hydrogen) atoms. The number of amides is 2. The number of anilines is 1. The molecule has 3 N–H and O–H groups in total. The molecule has 0 radical (unpaired) electrons. The Balaban J connectivity index is 2.34. The second-order valence-electron chi connectivity index (χ2n) is 5.42. The van der Waals surface area contributed by atoms with Crippen molar-refractivity contribution in [2.24, 2.45) is 5.92 Å². The van der Waals surface area contributed by atoms with Crippen LogP contribution in [-0.4, -0.2) is 33.6 Å². The number of carbonyl (C=O) groups excluding carboxylic acids is 1. The van der Waals surface area contributed by atoms with E-state index in [1.54, 1.807) is 17.1 Å². The summed E-state index contributed by atoms with van der Waals surface area (Å²) in [5, 5.41) is 19.1. The molecule has 1 aromatic rings. The molecule has 108 valence electrons. The number of nitrogens with zero attached hydrogens (tertiary/aromatic N) is 2. The molecule has 0 fully saturated rings. The minimum absolute atomic E-state index is 0.252. The number of aromatic nitrogens is 2. The van der Waals surface area contributed by atoms with Crippen LogP contribution in [0.4, 0.5) is 10.5 Å². The first-order chi connectivity index (χ1) is 8.88. The van der Waals surface area contributed by atoms with Gasteiger partial charge in [-0.3, -0.25) is 4.68 Å². The van der Waals surface area contributed by atoms with Crippen molar-refractivity contribution in [2.75, 3.05) is 11.9 Å². The highest BCUT2D eigenvalue weighted by Crippen LogP contribution is 2.09. The lowest BCUT2D eigenvalue weighted by molar-refractivity contribution is 0.148. The van der Waals surface area contributed by atoms with E-state index in [0.29, 0.717) is 18.0 Å². The predicted octanol–water partition coefficient (Wildman–Crippen LogP) is 1.99. The smallest absolute Gasteiger partial charge is 0.319 e. The average Bonchev–Trinajstić information content (AvgIpc) is 2.74. The number of aliphatic hydroxyl groups excluding tert-OH is 1. The highest BCUT2D eigenvalue weighted by atomic mass is 16.3. The lowest BCUT2D eigenvalue weighted by Gasteiger charge is -2.13. The molecule has 1 atom stereocenters. The van der Waals surface area contributed by atoms with Crippen LogP contribution in [0.5, 0.6) is 0 Å². The maximum absolute atomic E-state index is 11.6. The molecule has 0 aliphatic heterocycles. The highest BCUT2D eigenvalue weighted by molar-refractivity contribution is 5.88. The minimum atomic E-state index is -0.510. The zero-order chi connectivity index (χ0) is 14.4. The second kappa shape index (κ2) is 7.13. The van der Waals surface area contributed by atoms with E-state index < -0.39 is 6.10 Å². The third-order valence-corrected chi connectivity index (χ3v) is 2.63. The number of carbonyl (C=O) groups is 1. The minimum Gasteiger partial charge on any atom is -0.391 e. The van der Waals surface area contributed by atoms with Gasteiger partial charge in [0.05, 0.1) is 18.0 Å². The molecule has 0 aliphatic carbocycles. The summed E-state index contributed by atoms with van der Waals surface area (Å²) in [5.41, 5.74) is 0.643. The van der Waals surface area contributed by atoms with Gasteiger partial charge in [-0.05, 0) is 26.2 Å². The van der Waals surface area contributed by atoms with Gasteiger partial charge >= 0.3 is 6.03 Å². The predicted molar refractivity (Wildman–Crippen MR) is 75.1 cm³/mol. The number of aliphatic hydroxyl groups is 1. The van der Waals surface area contributed by atoms with Crippen LogP contribution in [0.1, 0.15) is 40.2 Å². The molecule has 0 saturated heterocycles. The summed E-state index contributed by atoms with van der Waals surface area (Å²) in [4.78, 5) is 11.6. The average molecular weight is 268 g/mol. The van der Waals surface area contributed by atoms with Gasteiger partial charge < -0.3 is 15.7 Å². The van der Waals surface area contributed by atoms with Gasteiger partial charge in [-0.25, -0.2) is 4.79 Å². The van der Waals surface area contributed by atoms with Crippen molar-refractivity contribution in [3.63, 3.8) is 0 Å². The van der Waals surface area contributed by atoms with E-state index >= 15 is 0 Å². The SMILES string of the molecule is CC(C)CC(O)CNC(=O)Nc1cnn(C(C)C)c1. The quantitative estimate of drug-likeness (QED) is 0.738. The summed E-state index contributed by atoms with van der Waals surface area (Å²) < 4.78 is 1.77. The van der Waals surface area contributed by atoms with Gasteiger partial charge in [0.25, 0.3) is 0 Å². The summed E-state index contributed by atoms with van der Waals surface area (Å²) in [7, 11) is 0. The number of urea groups is 1. The summed E-state index contributed by atoms with van der Waals surface area (Å²) in [6.07, 6.45) is 3.54. The molecule has 1 rings (SSSR count). The van der Waals surface area contributed by atoms with Crippen LogP contribution in [0.25, 0.3) is 0 Å². The third-order valence-electron chi connectivity index (χ3n) is 2.63. The van der Waals surface area contributed by atoms with E-state index in [2.05, 4.69) is 15.7 Å². The number of hydrogen-bond acceptors (Lipinski definition) is 3. The molecule has 6 nitrogen and oxygen atoms in total. The molecule has 1 aromatic heterocycles. The van der Waals surface area contributed by atoms with Crippen molar-refractivity contribution in [1.29, 1.82) is 0 Å². The first-order valence-corrected chi connectivity index (χ1v) is 6.65. The van der Waals surface area contributed by atoms with Crippen LogP contribution in [0.3, 0.4) is 0 Å². The van der Waals surface area contributed by atoms with E-state index in [9.17, 15) is 9.90 Å². The monoisotopic (exact) mass is 268 g/mol.